The molecular formula is C31H31BrN2O5. The molecular weight excluding hydrogens is 560 g/mol. The molecule has 1 aromatic heterocycles. The fourth-order valence-electron chi connectivity index (χ4n) is 5.65. The van der Waals surface area contributed by atoms with Gasteiger partial charge in [0, 0.05) is 40.7 Å². The van der Waals surface area contributed by atoms with Crippen molar-refractivity contribution in [2.24, 2.45) is 0 Å². The second-order valence-electron chi connectivity index (χ2n) is 10.2. The Morgan fingerprint density at radius 3 is 2.69 bits per heavy atom. The van der Waals surface area contributed by atoms with Crippen LogP contribution in [-0.4, -0.2) is 47.0 Å². The standard InChI is InChI=1S/C31H31BrN2O5/c32-27-8-6-22(31(35)36)16-23(27)18-33-13-10-21(11-14-33)26-19-34(28-5-2-1-4-25(26)28)12-3-15-37-24-7-9-29-30(17-24)39-20-38-29/h1-2,4-9,16-17,19,21H,3,10-15,18,20H2,(H,35,36). The van der Waals surface area contributed by atoms with Crippen molar-refractivity contribution in [1.82, 2.24) is 9.47 Å². The number of aromatic carboxylic acids is 1. The lowest BCUT2D eigenvalue weighted by atomic mass is 9.89. The number of ether oxygens (including phenoxy) is 3. The second-order valence-corrected chi connectivity index (χ2v) is 11.0. The first-order chi connectivity index (χ1) is 19.0. The molecule has 6 rings (SSSR count). The molecule has 7 nitrogen and oxygen atoms in total. The van der Waals surface area contributed by atoms with Gasteiger partial charge in [0.15, 0.2) is 11.5 Å². The summed E-state index contributed by atoms with van der Waals surface area (Å²) in [6.07, 6.45) is 5.41. The highest BCUT2D eigenvalue weighted by Crippen LogP contribution is 2.36. The van der Waals surface area contributed by atoms with Gasteiger partial charge in [-0.3, -0.25) is 4.90 Å². The maximum Gasteiger partial charge on any atom is 0.335 e. The molecule has 1 fully saturated rings. The topological polar surface area (TPSA) is 73.2 Å². The van der Waals surface area contributed by atoms with Crippen LogP contribution in [0.25, 0.3) is 10.9 Å². The summed E-state index contributed by atoms with van der Waals surface area (Å²) in [6.45, 7) is 4.49. The van der Waals surface area contributed by atoms with E-state index in [1.807, 2.05) is 24.3 Å². The Labute approximate surface area is 236 Å². The minimum Gasteiger partial charge on any atom is -0.493 e. The number of benzene rings is 3. The van der Waals surface area contributed by atoms with E-state index in [0.717, 1.165) is 72.7 Å². The zero-order chi connectivity index (χ0) is 26.8. The van der Waals surface area contributed by atoms with Crippen LogP contribution in [0.2, 0.25) is 0 Å². The van der Waals surface area contributed by atoms with Gasteiger partial charge in [0.25, 0.3) is 0 Å². The van der Waals surface area contributed by atoms with Gasteiger partial charge in [-0.25, -0.2) is 4.79 Å². The van der Waals surface area contributed by atoms with Gasteiger partial charge in [0.05, 0.1) is 12.2 Å². The van der Waals surface area contributed by atoms with E-state index in [9.17, 15) is 9.90 Å². The number of carboxylic acid groups (broad SMARTS) is 1. The zero-order valence-corrected chi connectivity index (χ0v) is 23.2. The Morgan fingerprint density at radius 2 is 1.85 bits per heavy atom. The number of carbonyl (C=O) groups is 1. The lowest BCUT2D eigenvalue weighted by Crippen LogP contribution is -2.32. The number of likely N-dealkylation sites (tertiary alicyclic amines) is 1. The number of halogens is 1. The second kappa shape index (κ2) is 11.3. The first-order valence-corrected chi connectivity index (χ1v) is 14.2. The predicted molar refractivity (Wildman–Crippen MR) is 153 cm³/mol. The van der Waals surface area contributed by atoms with E-state index in [2.05, 4.69) is 55.9 Å². The van der Waals surface area contributed by atoms with Crippen molar-refractivity contribution in [2.45, 2.75) is 38.3 Å². The van der Waals surface area contributed by atoms with Crippen LogP contribution in [0.3, 0.4) is 0 Å². The van der Waals surface area contributed by atoms with E-state index in [-0.39, 0.29) is 6.79 Å². The van der Waals surface area contributed by atoms with E-state index < -0.39 is 5.97 Å². The Bertz CT molecular complexity index is 1490. The first kappa shape index (κ1) is 25.8. The Hall–Kier alpha value is -3.49. The average molecular weight is 592 g/mol. The third-order valence-electron chi connectivity index (χ3n) is 7.69. The molecule has 39 heavy (non-hydrogen) atoms. The molecule has 4 aromatic rings. The molecule has 0 bridgehead atoms. The first-order valence-electron chi connectivity index (χ1n) is 13.4. The van der Waals surface area contributed by atoms with Gasteiger partial charge in [0.2, 0.25) is 6.79 Å². The Morgan fingerprint density at radius 1 is 1.03 bits per heavy atom. The van der Waals surface area contributed by atoms with Gasteiger partial charge >= 0.3 is 5.97 Å². The lowest BCUT2D eigenvalue weighted by molar-refractivity contribution is 0.0696. The minimum atomic E-state index is -0.890. The minimum absolute atomic E-state index is 0.263. The number of rotatable bonds is 9. The molecule has 1 saturated heterocycles. The van der Waals surface area contributed by atoms with Gasteiger partial charge in [-0.15, -0.1) is 0 Å². The number of piperidine rings is 1. The summed E-state index contributed by atoms with van der Waals surface area (Å²) in [5.74, 6) is 1.91. The van der Waals surface area contributed by atoms with Crippen LogP contribution in [0.1, 0.15) is 46.7 Å². The van der Waals surface area contributed by atoms with Gasteiger partial charge in [-0.05, 0) is 85.8 Å². The predicted octanol–water partition coefficient (Wildman–Crippen LogP) is 6.68. The number of nitrogens with zero attached hydrogens (tertiary/aromatic N) is 2. The number of carboxylic acids is 1. The quantitative estimate of drug-likeness (QED) is 0.219. The number of aryl methyl sites for hydroxylation is 1. The van der Waals surface area contributed by atoms with Crippen LogP contribution in [-0.2, 0) is 13.1 Å². The van der Waals surface area contributed by atoms with Crippen molar-refractivity contribution in [3.8, 4) is 17.2 Å². The highest BCUT2D eigenvalue weighted by Gasteiger charge is 2.24. The largest absolute Gasteiger partial charge is 0.493 e. The van der Waals surface area contributed by atoms with E-state index in [4.69, 9.17) is 14.2 Å². The molecule has 3 heterocycles. The molecule has 2 aliphatic rings. The summed E-state index contributed by atoms with van der Waals surface area (Å²) in [5.41, 5.74) is 4.05. The summed E-state index contributed by atoms with van der Waals surface area (Å²) < 4.78 is 20.1. The molecule has 0 amide bonds. The van der Waals surface area contributed by atoms with Gasteiger partial charge in [-0.1, -0.05) is 34.1 Å². The van der Waals surface area contributed by atoms with Gasteiger partial charge < -0.3 is 23.9 Å². The molecule has 0 spiro atoms. The Balaban J connectivity index is 1.08. The number of hydrogen-bond donors (Lipinski definition) is 1. The van der Waals surface area contributed by atoms with Crippen molar-refractivity contribution in [2.75, 3.05) is 26.5 Å². The molecule has 2 aliphatic heterocycles. The number of hydrogen-bond acceptors (Lipinski definition) is 5. The molecule has 0 atom stereocenters. The fraction of sp³-hybridized carbons (Fsp3) is 0.323. The molecule has 3 aromatic carbocycles. The summed E-state index contributed by atoms with van der Waals surface area (Å²) >= 11 is 3.59. The SMILES string of the molecule is O=C(O)c1ccc(Br)c(CN2CCC(c3cn(CCCOc4ccc5c(c4)OCO5)c4ccccc34)CC2)c1. The van der Waals surface area contributed by atoms with E-state index in [1.165, 1.54) is 16.5 Å². The van der Waals surface area contributed by atoms with Crippen molar-refractivity contribution >= 4 is 32.8 Å². The molecule has 0 saturated carbocycles. The van der Waals surface area contributed by atoms with Crippen LogP contribution in [0, 0.1) is 0 Å². The number of aromatic nitrogens is 1. The van der Waals surface area contributed by atoms with Crippen LogP contribution in [0.5, 0.6) is 17.2 Å². The third kappa shape index (κ3) is 5.63. The molecule has 1 N–H and O–H groups in total. The normalized spacial score (nSPS) is 15.6. The zero-order valence-electron chi connectivity index (χ0n) is 21.6. The maximum atomic E-state index is 11.4. The number of para-hydroxylation sites is 1. The van der Waals surface area contributed by atoms with E-state index >= 15 is 0 Å². The van der Waals surface area contributed by atoms with Crippen molar-refractivity contribution in [1.29, 1.82) is 0 Å². The molecule has 0 radical (unpaired) electrons. The average Bonchev–Trinajstić information content (AvgIpc) is 3.57. The summed E-state index contributed by atoms with van der Waals surface area (Å²) in [7, 11) is 0. The van der Waals surface area contributed by atoms with Crippen molar-refractivity contribution in [3.63, 3.8) is 0 Å². The lowest BCUT2D eigenvalue weighted by Gasteiger charge is -2.32. The van der Waals surface area contributed by atoms with Crippen LogP contribution in [0.15, 0.2) is 71.3 Å². The molecule has 0 aliphatic carbocycles. The van der Waals surface area contributed by atoms with E-state index in [1.54, 1.807) is 12.1 Å². The smallest absolute Gasteiger partial charge is 0.335 e. The van der Waals surface area contributed by atoms with Crippen molar-refractivity contribution < 1.29 is 24.1 Å². The van der Waals surface area contributed by atoms with Gasteiger partial charge in [0.1, 0.15) is 5.75 Å². The fourth-order valence-corrected chi connectivity index (χ4v) is 6.02. The highest BCUT2D eigenvalue weighted by molar-refractivity contribution is 9.10. The summed E-state index contributed by atoms with van der Waals surface area (Å²) in [4.78, 5) is 13.8. The van der Waals surface area contributed by atoms with E-state index in [0.29, 0.717) is 18.1 Å². The summed E-state index contributed by atoms with van der Waals surface area (Å²) in [6, 6.07) is 19.6. The van der Waals surface area contributed by atoms with Crippen LogP contribution < -0.4 is 14.2 Å². The highest BCUT2D eigenvalue weighted by atomic mass is 79.9. The molecule has 8 heteroatoms. The summed E-state index contributed by atoms with van der Waals surface area (Å²) in [5, 5.41) is 10.7. The van der Waals surface area contributed by atoms with Crippen LogP contribution >= 0.6 is 15.9 Å². The van der Waals surface area contributed by atoms with Gasteiger partial charge in [-0.2, -0.15) is 0 Å². The maximum absolute atomic E-state index is 11.4. The number of fused-ring (bicyclic) bond motifs is 2. The van der Waals surface area contributed by atoms with Crippen LogP contribution in [0.4, 0.5) is 0 Å². The Kier molecular flexibility index (Phi) is 7.48. The van der Waals surface area contributed by atoms with Crippen molar-refractivity contribution in [3.05, 3.63) is 88.0 Å². The third-order valence-corrected chi connectivity index (χ3v) is 8.46. The molecule has 0 unspecified atom stereocenters. The molecule has 202 valence electrons. The monoisotopic (exact) mass is 590 g/mol.